The van der Waals surface area contributed by atoms with E-state index < -0.39 is 0 Å². The number of amides is 2. The van der Waals surface area contributed by atoms with Crippen molar-refractivity contribution in [3.63, 3.8) is 0 Å². The number of aromatic nitrogens is 3. The first-order valence-electron chi connectivity index (χ1n) is 7.96. The summed E-state index contributed by atoms with van der Waals surface area (Å²) in [6.45, 7) is 3.15. The van der Waals surface area contributed by atoms with E-state index in [0.717, 1.165) is 31.0 Å². The van der Waals surface area contributed by atoms with E-state index in [2.05, 4.69) is 20.7 Å². The summed E-state index contributed by atoms with van der Waals surface area (Å²) in [5.41, 5.74) is 0. The van der Waals surface area contributed by atoms with Gasteiger partial charge < -0.3 is 10.6 Å². The van der Waals surface area contributed by atoms with E-state index in [-0.39, 0.29) is 17.9 Å². The highest BCUT2D eigenvalue weighted by Crippen LogP contribution is 2.23. The molecule has 2 amide bonds. The summed E-state index contributed by atoms with van der Waals surface area (Å²) in [4.78, 5) is 17.0. The minimum Gasteiger partial charge on any atom is -0.337 e. The van der Waals surface area contributed by atoms with Gasteiger partial charge >= 0.3 is 6.03 Å². The minimum absolute atomic E-state index is 0.112. The number of fused-ring (bicyclic) bond motifs is 1. The molecule has 0 radical (unpaired) electrons. The maximum Gasteiger partial charge on any atom is 0.315 e. The van der Waals surface area contributed by atoms with E-state index in [9.17, 15) is 9.18 Å². The van der Waals surface area contributed by atoms with Crippen molar-refractivity contribution in [2.75, 3.05) is 12.3 Å². The zero-order valence-electron chi connectivity index (χ0n) is 13.5. The standard InChI is InChI=1S/C16H20FN5OS/c1-11-19-15-13(6-4-9-22(15)21-11)20-16(23)18-8-10-24-14-7-3-2-5-12(14)17/h2-3,5,7,13H,4,6,8-10H2,1H3,(H2,18,20,23)/t13-/m1/s1. The van der Waals surface area contributed by atoms with Crippen LogP contribution in [0, 0.1) is 12.7 Å². The Morgan fingerprint density at radius 1 is 1.46 bits per heavy atom. The second kappa shape index (κ2) is 7.65. The molecular formula is C16H20FN5OS. The number of halogens is 1. The molecule has 8 heteroatoms. The average Bonchev–Trinajstić information content (AvgIpc) is 2.94. The van der Waals surface area contributed by atoms with Gasteiger partial charge in [0.25, 0.3) is 0 Å². The van der Waals surface area contributed by atoms with Crippen LogP contribution in [-0.4, -0.2) is 33.1 Å². The molecule has 0 unspecified atom stereocenters. The smallest absolute Gasteiger partial charge is 0.315 e. The Morgan fingerprint density at radius 3 is 3.12 bits per heavy atom. The van der Waals surface area contributed by atoms with Gasteiger partial charge in [-0.3, -0.25) is 0 Å². The number of aryl methyl sites for hydroxylation is 2. The lowest BCUT2D eigenvalue weighted by Crippen LogP contribution is -2.41. The molecule has 1 aromatic heterocycles. The van der Waals surface area contributed by atoms with Crippen molar-refractivity contribution in [1.29, 1.82) is 0 Å². The van der Waals surface area contributed by atoms with Gasteiger partial charge in [-0.15, -0.1) is 11.8 Å². The lowest BCUT2D eigenvalue weighted by molar-refractivity contribution is 0.233. The summed E-state index contributed by atoms with van der Waals surface area (Å²) >= 11 is 1.38. The van der Waals surface area contributed by atoms with Crippen LogP contribution < -0.4 is 10.6 Å². The monoisotopic (exact) mass is 349 g/mol. The zero-order valence-corrected chi connectivity index (χ0v) is 14.3. The van der Waals surface area contributed by atoms with Gasteiger partial charge in [0, 0.05) is 23.7 Å². The van der Waals surface area contributed by atoms with E-state index in [1.54, 1.807) is 18.2 Å². The Morgan fingerprint density at radius 2 is 2.29 bits per heavy atom. The molecule has 2 N–H and O–H groups in total. The van der Waals surface area contributed by atoms with Crippen LogP contribution in [0.2, 0.25) is 0 Å². The van der Waals surface area contributed by atoms with E-state index in [4.69, 9.17) is 0 Å². The third-order valence-corrected chi connectivity index (χ3v) is 4.82. The third-order valence-electron chi connectivity index (χ3n) is 3.77. The molecular weight excluding hydrogens is 329 g/mol. The van der Waals surface area contributed by atoms with Crippen molar-refractivity contribution >= 4 is 17.8 Å². The molecule has 0 aliphatic carbocycles. The highest BCUT2D eigenvalue weighted by atomic mass is 32.2. The molecule has 128 valence electrons. The van der Waals surface area contributed by atoms with Gasteiger partial charge in [0.05, 0.1) is 6.04 Å². The highest BCUT2D eigenvalue weighted by molar-refractivity contribution is 7.99. The normalized spacial score (nSPS) is 16.5. The quantitative estimate of drug-likeness (QED) is 0.643. The second-order valence-corrected chi connectivity index (χ2v) is 6.75. The van der Waals surface area contributed by atoms with Crippen LogP contribution in [0.5, 0.6) is 0 Å². The van der Waals surface area contributed by atoms with Gasteiger partial charge in [-0.05, 0) is 31.9 Å². The Balaban J connectivity index is 1.44. The first-order chi connectivity index (χ1) is 11.6. The van der Waals surface area contributed by atoms with Gasteiger partial charge in [-0.2, -0.15) is 5.10 Å². The number of urea groups is 1. The molecule has 0 fully saturated rings. The summed E-state index contributed by atoms with van der Waals surface area (Å²) in [6.07, 6.45) is 1.82. The zero-order chi connectivity index (χ0) is 16.9. The Labute approximate surface area is 144 Å². The highest BCUT2D eigenvalue weighted by Gasteiger charge is 2.24. The topological polar surface area (TPSA) is 71.8 Å². The molecule has 0 spiro atoms. The minimum atomic E-state index is -0.233. The van der Waals surface area contributed by atoms with Crippen LogP contribution >= 0.6 is 11.8 Å². The Kier molecular flexibility index (Phi) is 5.34. The first-order valence-corrected chi connectivity index (χ1v) is 8.95. The lowest BCUT2D eigenvalue weighted by atomic mass is 10.1. The van der Waals surface area contributed by atoms with Crippen LogP contribution in [0.15, 0.2) is 29.2 Å². The van der Waals surface area contributed by atoms with Crippen LogP contribution in [0.4, 0.5) is 9.18 Å². The molecule has 2 heterocycles. The summed E-state index contributed by atoms with van der Waals surface area (Å²) in [6, 6.07) is 6.28. The van der Waals surface area contributed by atoms with Gasteiger partial charge in [0.2, 0.25) is 0 Å². The van der Waals surface area contributed by atoms with Gasteiger partial charge in [0.15, 0.2) is 0 Å². The fraction of sp³-hybridized carbons (Fsp3) is 0.438. The molecule has 1 aromatic carbocycles. The van der Waals surface area contributed by atoms with Gasteiger partial charge in [-0.25, -0.2) is 18.9 Å². The largest absolute Gasteiger partial charge is 0.337 e. The molecule has 1 atom stereocenters. The number of benzene rings is 1. The molecule has 2 aromatic rings. The summed E-state index contributed by atoms with van der Waals surface area (Å²) in [5, 5.41) is 10.1. The summed E-state index contributed by atoms with van der Waals surface area (Å²) in [5.74, 6) is 1.91. The van der Waals surface area contributed by atoms with Crippen molar-refractivity contribution < 1.29 is 9.18 Å². The first kappa shape index (κ1) is 16.8. The maximum absolute atomic E-state index is 13.5. The number of nitrogens with one attached hydrogen (secondary N) is 2. The number of thioether (sulfide) groups is 1. The SMILES string of the molecule is Cc1nc2n(n1)CCC[C@H]2NC(=O)NCCSc1ccccc1F. The maximum atomic E-state index is 13.5. The molecule has 0 saturated carbocycles. The van der Waals surface area contributed by atoms with Crippen LogP contribution in [0.1, 0.15) is 30.5 Å². The summed E-state index contributed by atoms with van der Waals surface area (Å²) in [7, 11) is 0. The fourth-order valence-electron chi connectivity index (χ4n) is 2.70. The van der Waals surface area contributed by atoms with Crippen LogP contribution in [-0.2, 0) is 6.54 Å². The third kappa shape index (κ3) is 4.05. The predicted octanol–water partition coefficient (Wildman–Crippen LogP) is 2.65. The molecule has 1 aliphatic heterocycles. The van der Waals surface area contributed by atoms with E-state index in [0.29, 0.717) is 17.2 Å². The lowest BCUT2D eigenvalue weighted by Gasteiger charge is -2.23. The average molecular weight is 349 g/mol. The molecule has 6 nitrogen and oxygen atoms in total. The number of carbonyl (C=O) groups is 1. The number of carbonyl (C=O) groups excluding carboxylic acids is 1. The van der Waals surface area contributed by atoms with Crippen molar-refractivity contribution in [1.82, 2.24) is 25.4 Å². The van der Waals surface area contributed by atoms with E-state index >= 15 is 0 Å². The van der Waals surface area contributed by atoms with Gasteiger partial charge in [-0.1, -0.05) is 12.1 Å². The van der Waals surface area contributed by atoms with E-state index in [1.165, 1.54) is 17.8 Å². The van der Waals surface area contributed by atoms with Crippen LogP contribution in [0.25, 0.3) is 0 Å². The van der Waals surface area contributed by atoms with E-state index in [1.807, 2.05) is 11.6 Å². The van der Waals surface area contributed by atoms with Crippen molar-refractivity contribution in [2.45, 2.75) is 37.2 Å². The molecule has 3 rings (SSSR count). The van der Waals surface area contributed by atoms with Crippen molar-refractivity contribution in [3.05, 3.63) is 41.7 Å². The predicted molar refractivity (Wildman–Crippen MR) is 90.4 cm³/mol. The number of rotatable bonds is 5. The summed E-state index contributed by atoms with van der Waals surface area (Å²) < 4.78 is 15.4. The van der Waals surface area contributed by atoms with Crippen LogP contribution in [0.3, 0.4) is 0 Å². The van der Waals surface area contributed by atoms with Gasteiger partial charge in [0.1, 0.15) is 17.5 Å². The molecule has 24 heavy (non-hydrogen) atoms. The second-order valence-electron chi connectivity index (χ2n) is 5.61. The number of hydrogen-bond acceptors (Lipinski definition) is 4. The molecule has 0 saturated heterocycles. The number of nitrogens with zero attached hydrogens (tertiary/aromatic N) is 3. The number of hydrogen-bond donors (Lipinski definition) is 2. The molecule has 1 aliphatic rings. The fourth-order valence-corrected chi connectivity index (χ4v) is 3.51. The van der Waals surface area contributed by atoms with Crippen molar-refractivity contribution in [3.8, 4) is 0 Å². The Bertz CT molecular complexity index is 720. The van der Waals surface area contributed by atoms with Crippen molar-refractivity contribution in [2.24, 2.45) is 0 Å². The Hall–Kier alpha value is -2.09. The molecule has 0 bridgehead atoms.